The molecule has 1 fully saturated rings. The van der Waals surface area contributed by atoms with Crippen LogP contribution in [0, 0.1) is 0 Å². The van der Waals surface area contributed by atoms with Gasteiger partial charge in [0.1, 0.15) is 5.82 Å². The summed E-state index contributed by atoms with van der Waals surface area (Å²) in [7, 11) is 0. The lowest BCUT2D eigenvalue weighted by atomic mass is 10.00. The number of carbonyl (C=O) groups is 1. The number of benzene rings is 1. The van der Waals surface area contributed by atoms with Gasteiger partial charge in [-0.2, -0.15) is 0 Å². The van der Waals surface area contributed by atoms with Crippen LogP contribution in [-0.4, -0.2) is 27.3 Å². The molecule has 0 saturated carbocycles. The second-order valence-corrected chi connectivity index (χ2v) is 5.79. The van der Waals surface area contributed by atoms with Crippen molar-refractivity contribution >= 4 is 11.6 Å². The molecule has 1 amide bonds. The topological polar surface area (TPSA) is 61.0 Å². The molecule has 1 atom stereocenters. The van der Waals surface area contributed by atoms with Gasteiger partial charge in [0.15, 0.2) is 0 Å². The van der Waals surface area contributed by atoms with Crippen molar-refractivity contribution < 1.29 is 4.79 Å². The van der Waals surface area contributed by atoms with Crippen molar-refractivity contribution in [2.24, 2.45) is 0 Å². The fourth-order valence-corrected chi connectivity index (χ4v) is 3.14. The van der Waals surface area contributed by atoms with Crippen molar-refractivity contribution in [1.29, 1.82) is 0 Å². The molecule has 1 aromatic carbocycles. The van der Waals surface area contributed by atoms with Crippen LogP contribution in [0.3, 0.4) is 0 Å². The average Bonchev–Trinajstić information content (AvgIpc) is 3.03. The van der Waals surface area contributed by atoms with Gasteiger partial charge in [0, 0.05) is 31.5 Å². The van der Waals surface area contributed by atoms with Crippen LogP contribution in [0.4, 0.5) is 5.69 Å². The number of para-hydroxylation sites is 1. The molecule has 2 aromatic rings. The molecule has 0 radical (unpaired) electrons. The Balaban J connectivity index is 1.80. The summed E-state index contributed by atoms with van der Waals surface area (Å²) in [4.78, 5) is 21.5. The van der Waals surface area contributed by atoms with Crippen molar-refractivity contribution in [3.05, 3.63) is 48.0 Å². The highest BCUT2D eigenvalue weighted by Gasteiger charge is 2.26. The lowest BCUT2D eigenvalue weighted by molar-refractivity contribution is -0.114. The first-order valence-corrected chi connectivity index (χ1v) is 7.83. The van der Waals surface area contributed by atoms with E-state index in [9.17, 15) is 4.79 Å². The Labute approximate surface area is 130 Å². The number of hydrogen-bond donors (Lipinski definition) is 2. The molecule has 2 N–H and O–H groups in total. The number of amides is 1. The standard InChI is InChI=1S/C17H22N4O/c1-13(22)20-15-7-3-2-6-14(15)12-21-11-5-4-8-16(21)17-18-9-10-19-17/h2-3,6-7,9-10,16H,4-5,8,11-12H2,1H3,(H,18,19)(H,20,22). The maximum atomic E-state index is 11.4. The third-order valence-corrected chi connectivity index (χ3v) is 4.15. The monoisotopic (exact) mass is 298 g/mol. The van der Waals surface area contributed by atoms with Gasteiger partial charge in [-0.15, -0.1) is 0 Å². The quantitative estimate of drug-likeness (QED) is 0.912. The zero-order valence-electron chi connectivity index (χ0n) is 12.9. The highest BCUT2D eigenvalue weighted by molar-refractivity contribution is 5.89. The molecule has 0 aliphatic carbocycles. The van der Waals surface area contributed by atoms with Crippen molar-refractivity contribution in [3.8, 4) is 0 Å². The summed E-state index contributed by atoms with van der Waals surface area (Å²) >= 11 is 0. The van der Waals surface area contributed by atoms with Crippen LogP contribution >= 0.6 is 0 Å². The molecule has 2 heterocycles. The Morgan fingerprint density at radius 2 is 2.27 bits per heavy atom. The molecular weight excluding hydrogens is 276 g/mol. The van der Waals surface area contributed by atoms with Crippen LogP contribution in [0.1, 0.15) is 43.6 Å². The van der Waals surface area contributed by atoms with Gasteiger partial charge in [-0.1, -0.05) is 24.6 Å². The molecule has 3 rings (SSSR count). The summed E-state index contributed by atoms with van der Waals surface area (Å²) in [5, 5.41) is 2.92. The molecule has 1 saturated heterocycles. The number of aromatic amines is 1. The van der Waals surface area contributed by atoms with E-state index in [1.54, 1.807) is 6.92 Å². The lowest BCUT2D eigenvalue weighted by Gasteiger charge is -2.35. The van der Waals surface area contributed by atoms with E-state index in [2.05, 4.69) is 26.3 Å². The van der Waals surface area contributed by atoms with Gasteiger partial charge in [-0.3, -0.25) is 9.69 Å². The third-order valence-electron chi connectivity index (χ3n) is 4.15. The molecular formula is C17H22N4O. The predicted molar refractivity (Wildman–Crippen MR) is 86.3 cm³/mol. The van der Waals surface area contributed by atoms with Gasteiger partial charge in [0.2, 0.25) is 5.91 Å². The normalized spacial score (nSPS) is 19.0. The number of carbonyl (C=O) groups excluding carboxylic acids is 1. The molecule has 1 aliphatic heterocycles. The van der Waals surface area contributed by atoms with Gasteiger partial charge in [0.25, 0.3) is 0 Å². The molecule has 5 heteroatoms. The second kappa shape index (κ2) is 6.75. The zero-order valence-corrected chi connectivity index (χ0v) is 12.9. The van der Waals surface area contributed by atoms with E-state index in [0.717, 1.165) is 36.6 Å². The van der Waals surface area contributed by atoms with Crippen molar-refractivity contribution in [2.45, 2.75) is 38.8 Å². The smallest absolute Gasteiger partial charge is 0.221 e. The number of rotatable bonds is 4. The first-order chi connectivity index (χ1) is 10.7. The van der Waals surface area contributed by atoms with Gasteiger partial charge < -0.3 is 10.3 Å². The largest absolute Gasteiger partial charge is 0.347 e. The van der Waals surface area contributed by atoms with Gasteiger partial charge in [-0.05, 0) is 31.0 Å². The van der Waals surface area contributed by atoms with E-state index in [0.29, 0.717) is 6.04 Å². The number of anilines is 1. The van der Waals surface area contributed by atoms with Crippen molar-refractivity contribution in [1.82, 2.24) is 14.9 Å². The Bertz CT molecular complexity index is 623. The van der Waals surface area contributed by atoms with Crippen molar-refractivity contribution in [3.63, 3.8) is 0 Å². The molecule has 1 aromatic heterocycles. The first kappa shape index (κ1) is 14.8. The molecule has 1 aliphatic rings. The van der Waals surface area contributed by atoms with Crippen molar-refractivity contribution in [2.75, 3.05) is 11.9 Å². The van der Waals surface area contributed by atoms with E-state index in [4.69, 9.17) is 0 Å². The highest BCUT2D eigenvalue weighted by atomic mass is 16.1. The average molecular weight is 298 g/mol. The summed E-state index contributed by atoms with van der Waals surface area (Å²) in [5.74, 6) is 1.00. The summed E-state index contributed by atoms with van der Waals surface area (Å²) in [6, 6.07) is 8.34. The van der Waals surface area contributed by atoms with E-state index < -0.39 is 0 Å². The van der Waals surface area contributed by atoms with E-state index in [-0.39, 0.29) is 5.91 Å². The highest BCUT2D eigenvalue weighted by Crippen LogP contribution is 2.31. The Kier molecular flexibility index (Phi) is 4.53. The summed E-state index contributed by atoms with van der Waals surface area (Å²) in [5.41, 5.74) is 2.05. The Morgan fingerprint density at radius 3 is 3.05 bits per heavy atom. The lowest BCUT2D eigenvalue weighted by Crippen LogP contribution is -2.33. The molecule has 116 valence electrons. The van der Waals surface area contributed by atoms with Crippen LogP contribution in [0.25, 0.3) is 0 Å². The molecule has 0 bridgehead atoms. The Morgan fingerprint density at radius 1 is 1.41 bits per heavy atom. The molecule has 0 spiro atoms. The third kappa shape index (κ3) is 3.36. The predicted octanol–water partition coefficient (Wildman–Crippen LogP) is 3.10. The molecule has 5 nitrogen and oxygen atoms in total. The van der Waals surface area contributed by atoms with Gasteiger partial charge in [0.05, 0.1) is 6.04 Å². The minimum absolute atomic E-state index is 0.0336. The number of piperidine rings is 1. The maximum Gasteiger partial charge on any atom is 0.221 e. The minimum atomic E-state index is -0.0336. The van der Waals surface area contributed by atoms with E-state index in [1.807, 2.05) is 30.6 Å². The number of imidazole rings is 1. The zero-order chi connectivity index (χ0) is 15.4. The van der Waals surface area contributed by atoms with Gasteiger partial charge in [-0.25, -0.2) is 4.98 Å². The summed E-state index contributed by atoms with van der Waals surface area (Å²) < 4.78 is 0. The fraction of sp³-hybridized carbons (Fsp3) is 0.412. The number of hydrogen-bond acceptors (Lipinski definition) is 3. The van der Waals surface area contributed by atoms with Crippen LogP contribution in [0.2, 0.25) is 0 Å². The number of H-pyrrole nitrogens is 1. The second-order valence-electron chi connectivity index (χ2n) is 5.79. The summed E-state index contributed by atoms with van der Waals surface area (Å²) in [6.45, 7) is 3.42. The Hall–Kier alpha value is -2.14. The number of nitrogens with one attached hydrogen (secondary N) is 2. The van der Waals surface area contributed by atoms with Crippen LogP contribution in [-0.2, 0) is 11.3 Å². The number of aromatic nitrogens is 2. The van der Waals surface area contributed by atoms with Gasteiger partial charge >= 0.3 is 0 Å². The first-order valence-electron chi connectivity index (χ1n) is 7.83. The maximum absolute atomic E-state index is 11.4. The molecule has 22 heavy (non-hydrogen) atoms. The fourth-order valence-electron chi connectivity index (χ4n) is 3.14. The SMILES string of the molecule is CC(=O)Nc1ccccc1CN1CCCCC1c1ncc[nH]1. The number of nitrogens with zero attached hydrogens (tertiary/aromatic N) is 2. The number of likely N-dealkylation sites (tertiary alicyclic amines) is 1. The van der Waals surface area contributed by atoms with Crippen LogP contribution in [0.5, 0.6) is 0 Å². The van der Waals surface area contributed by atoms with Crippen LogP contribution in [0.15, 0.2) is 36.7 Å². The van der Waals surface area contributed by atoms with E-state index in [1.165, 1.54) is 12.8 Å². The minimum Gasteiger partial charge on any atom is -0.347 e. The summed E-state index contributed by atoms with van der Waals surface area (Å²) in [6.07, 6.45) is 7.26. The van der Waals surface area contributed by atoms with Crippen LogP contribution < -0.4 is 5.32 Å². The van der Waals surface area contributed by atoms with E-state index >= 15 is 0 Å². The molecule has 1 unspecified atom stereocenters.